The average Bonchev–Trinajstić information content (AvgIpc) is 2.24. The summed E-state index contributed by atoms with van der Waals surface area (Å²) in [7, 11) is 0. The molecule has 0 aromatic carbocycles. The smallest absolute Gasteiger partial charge is 0.316 e. The maximum Gasteiger partial charge on any atom is 0.316 e. The van der Waals surface area contributed by atoms with E-state index in [1.54, 1.807) is 20.8 Å². The SMILES string of the molecule is Cc1cc(=O)c(C#N)c(SCC(=O)OC(C)C)[nH]1. The van der Waals surface area contributed by atoms with Crippen molar-refractivity contribution in [2.45, 2.75) is 31.9 Å². The quantitative estimate of drug-likeness (QED) is 0.661. The summed E-state index contributed by atoms with van der Waals surface area (Å²) >= 11 is 1.10. The Labute approximate surface area is 109 Å². The predicted molar refractivity (Wildman–Crippen MR) is 68.5 cm³/mol. The largest absolute Gasteiger partial charge is 0.462 e. The standard InChI is InChI=1S/C12H14N2O3S/c1-7(2)17-11(16)6-18-12-9(5-13)10(15)4-8(3)14-12/h4,7H,6H2,1-3H3,(H,14,15). The summed E-state index contributed by atoms with van der Waals surface area (Å²) in [5.74, 6) is -0.312. The normalized spacial score (nSPS) is 10.2. The van der Waals surface area contributed by atoms with E-state index in [0.717, 1.165) is 11.8 Å². The molecule has 0 aliphatic rings. The molecule has 96 valence electrons. The average molecular weight is 266 g/mol. The van der Waals surface area contributed by atoms with Crippen LogP contribution in [0.1, 0.15) is 25.1 Å². The number of carbonyl (C=O) groups is 1. The first kappa shape index (κ1) is 14.3. The number of nitrogens with zero attached hydrogens (tertiary/aromatic N) is 1. The highest BCUT2D eigenvalue weighted by molar-refractivity contribution is 7.99. The predicted octanol–water partition coefficient (Wildman–Crippen LogP) is 1.60. The zero-order chi connectivity index (χ0) is 13.7. The van der Waals surface area contributed by atoms with Gasteiger partial charge in [0.2, 0.25) is 5.43 Å². The second-order valence-electron chi connectivity index (χ2n) is 3.96. The van der Waals surface area contributed by atoms with Crippen LogP contribution in [0.25, 0.3) is 0 Å². The number of carbonyl (C=O) groups excluding carboxylic acids is 1. The third-order valence-corrected chi connectivity index (χ3v) is 2.92. The molecule has 0 aliphatic carbocycles. The molecule has 1 heterocycles. The van der Waals surface area contributed by atoms with Crippen molar-refractivity contribution in [3.05, 3.63) is 27.5 Å². The van der Waals surface area contributed by atoms with Gasteiger partial charge in [-0.3, -0.25) is 9.59 Å². The van der Waals surface area contributed by atoms with Gasteiger partial charge in [0.15, 0.2) is 0 Å². The van der Waals surface area contributed by atoms with Gasteiger partial charge < -0.3 is 9.72 Å². The lowest BCUT2D eigenvalue weighted by Crippen LogP contribution is -2.14. The number of hydrogen-bond donors (Lipinski definition) is 1. The van der Waals surface area contributed by atoms with Gasteiger partial charge in [0.1, 0.15) is 11.6 Å². The molecule has 1 rings (SSSR count). The Kier molecular flexibility index (Phi) is 4.98. The first-order chi connectivity index (χ1) is 8.43. The minimum absolute atomic E-state index is 0.0305. The number of pyridine rings is 1. The molecule has 0 bridgehead atoms. The summed E-state index contributed by atoms with van der Waals surface area (Å²) in [5, 5.41) is 9.31. The Morgan fingerprint density at radius 3 is 2.83 bits per heavy atom. The van der Waals surface area contributed by atoms with Crippen LogP contribution in [0.2, 0.25) is 0 Å². The number of aromatic nitrogens is 1. The topological polar surface area (TPSA) is 82.9 Å². The second-order valence-corrected chi connectivity index (χ2v) is 4.95. The molecule has 0 radical (unpaired) electrons. The fourth-order valence-corrected chi connectivity index (χ4v) is 2.15. The molecule has 0 spiro atoms. The van der Waals surface area contributed by atoms with E-state index in [9.17, 15) is 9.59 Å². The fourth-order valence-electron chi connectivity index (χ4n) is 1.30. The molecule has 1 aromatic rings. The lowest BCUT2D eigenvalue weighted by molar-refractivity contribution is -0.144. The van der Waals surface area contributed by atoms with Crippen molar-refractivity contribution in [1.82, 2.24) is 4.98 Å². The van der Waals surface area contributed by atoms with Crippen LogP contribution < -0.4 is 5.43 Å². The maximum atomic E-state index is 11.5. The molecule has 1 aromatic heterocycles. The van der Waals surface area contributed by atoms with E-state index in [4.69, 9.17) is 10.00 Å². The van der Waals surface area contributed by atoms with E-state index in [-0.39, 0.29) is 28.8 Å². The third kappa shape index (κ3) is 3.93. The molecule has 0 atom stereocenters. The van der Waals surface area contributed by atoms with E-state index in [0.29, 0.717) is 10.7 Å². The van der Waals surface area contributed by atoms with E-state index < -0.39 is 0 Å². The van der Waals surface area contributed by atoms with E-state index in [2.05, 4.69) is 4.98 Å². The van der Waals surface area contributed by atoms with Crippen LogP contribution in [0, 0.1) is 18.3 Å². The molecule has 18 heavy (non-hydrogen) atoms. The zero-order valence-electron chi connectivity index (χ0n) is 10.4. The summed E-state index contributed by atoms with van der Waals surface area (Å²) < 4.78 is 4.97. The molecule has 0 fully saturated rings. The van der Waals surface area contributed by atoms with Gasteiger partial charge in [-0.05, 0) is 20.8 Å². The highest BCUT2D eigenvalue weighted by Crippen LogP contribution is 2.18. The number of rotatable bonds is 4. The Bertz CT molecular complexity index is 543. The van der Waals surface area contributed by atoms with Crippen molar-refractivity contribution in [3.8, 4) is 6.07 Å². The maximum absolute atomic E-state index is 11.5. The van der Waals surface area contributed by atoms with Crippen molar-refractivity contribution in [3.63, 3.8) is 0 Å². The number of aromatic amines is 1. The summed E-state index contributed by atoms with van der Waals surface area (Å²) in [4.78, 5) is 25.8. The second kappa shape index (κ2) is 6.26. The van der Waals surface area contributed by atoms with Crippen LogP contribution in [-0.4, -0.2) is 22.8 Å². The summed E-state index contributed by atoms with van der Waals surface area (Å²) in [6.07, 6.45) is -0.176. The monoisotopic (exact) mass is 266 g/mol. The summed E-state index contributed by atoms with van der Waals surface area (Å²) in [6.45, 7) is 5.24. The molecular formula is C12H14N2O3S. The first-order valence-corrected chi connectivity index (χ1v) is 6.39. The van der Waals surface area contributed by atoms with E-state index >= 15 is 0 Å². The van der Waals surface area contributed by atoms with Gasteiger partial charge in [-0.15, -0.1) is 0 Å². The molecule has 6 heteroatoms. The van der Waals surface area contributed by atoms with E-state index in [1.165, 1.54) is 6.07 Å². The van der Waals surface area contributed by atoms with Gasteiger partial charge in [0.05, 0.1) is 16.9 Å². The highest BCUT2D eigenvalue weighted by atomic mass is 32.2. The molecule has 0 amide bonds. The Hall–Kier alpha value is -1.74. The number of nitriles is 1. The molecule has 0 saturated carbocycles. The molecule has 0 unspecified atom stereocenters. The summed E-state index contributed by atoms with van der Waals surface area (Å²) in [6, 6.07) is 3.20. The van der Waals surface area contributed by atoms with Crippen LogP contribution in [0.3, 0.4) is 0 Å². The van der Waals surface area contributed by atoms with Crippen molar-refractivity contribution >= 4 is 17.7 Å². The molecular weight excluding hydrogens is 252 g/mol. The molecule has 0 aliphatic heterocycles. The summed E-state index contributed by atoms with van der Waals surface area (Å²) in [5.41, 5.74) is 0.343. The van der Waals surface area contributed by atoms with Gasteiger partial charge in [-0.2, -0.15) is 5.26 Å². The van der Waals surface area contributed by atoms with Crippen molar-refractivity contribution in [1.29, 1.82) is 5.26 Å². The molecule has 1 N–H and O–H groups in total. The van der Waals surface area contributed by atoms with Gasteiger partial charge >= 0.3 is 5.97 Å². The van der Waals surface area contributed by atoms with Crippen LogP contribution >= 0.6 is 11.8 Å². The van der Waals surface area contributed by atoms with Crippen molar-refractivity contribution in [2.75, 3.05) is 5.75 Å². The number of ether oxygens (including phenoxy) is 1. The lowest BCUT2D eigenvalue weighted by atomic mass is 10.2. The number of aryl methyl sites for hydroxylation is 1. The van der Waals surface area contributed by atoms with Gasteiger partial charge in [0.25, 0.3) is 0 Å². The van der Waals surface area contributed by atoms with Crippen LogP contribution in [0.15, 0.2) is 15.9 Å². The number of nitrogens with one attached hydrogen (secondary N) is 1. The van der Waals surface area contributed by atoms with Crippen LogP contribution in [0.4, 0.5) is 0 Å². The highest BCUT2D eigenvalue weighted by Gasteiger charge is 2.12. The first-order valence-electron chi connectivity index (χ1n) is 5.40. The zero-order valence-corrected chi connectivity index (χ0v) is 11.3. The van der Waals surface area contributed by atoms with Gasteiger partial charge in [0, 0.05) is 11.8 Å². The Morgan fingerprint density at radius 1 is 1.61 bits per heavy atom. The number of esters is 1. The number of hydrogen-bond acceptors (Lipinski definition) is 5. The van der Waals surface area contributed by atoms with Gasteiger partial charge in [-0.25, -0.2) is 0 Å². The van der Waals surface area contributed by atoms with Crippen LogP contribution in [-0.2, 0) is 9.53 Å². The van der Waals surface area contributed by atoms with E-state index in [1.807, 2.05) is 6.07 Å². The molecule has 5 nitrogen and oxygen atoms in total. The van der Waals surface area contributed by atoms with Gasteiger partial charge in [-0.1, -0.05) is 11.8 Å². The molecule has 0 saturated heterocycles. The van der Waals surface area contributed by atoms with Crippen LogP contribution in [0.5, 0.6) is 0 Å². The minimum Gasteiger partial charge on any atom is -0.462 e. The minimum atomic E-state index is -0.374. The van der Waals surface area contributed by atoms with Crippen molar-refractivity contribution in [2.24, 2.45) is 0 Å². The van der Waals surface area contributed by atoms with Crippen molar-refractivity contribution < 1.29 is 9.53 Å². The lowest BCUT2D eigenvalue weighted by Gasteiger charge is -2.08. The Morgan fingerprint density at radius 2 is 2.28 bits per heavy atom. The Balaban J connectivity index is 2.83. The third-order valence-electron chi connectivity index (χ3n) is 1.95. The number of thioether (sulfide) groups is 1. The fraction of sp³-hybridized carbons (Fsp3) is 0.417. The number of H-pyrrole nitrogens is 1.